The molecule has 1 N–H and O–H groups in total. The zero-order valence-electron chi connectivity index (χ0n) is 9.68. The Morgan fingerprint density at radius 1 is 1.40 bits per heavy atom. The van der Waals surface area contributed by atoms with Crippen LogP contribution in [0.1, 0.15) is 18.9 Å². The summed E-state index contributed by atoms with van der Waals surface area (Å²) in [5.41, 5.74) is 2.11. The van der Waals surface area contributed by atoms with Crippen LogP contribution in [0.2, 0.25) is 0 Å². The first-order valence-corrected chi connectivity index (χ1v) is 5.33. The maximum Gasteiger partial charge on any atom is 0.123 e. The summed E-state index contributed by atoms with van der Waals surface area (Å²) in [6, 6.07) is 4.95. The minimum Gasteiger partial charge on any atom is -0.374 e. The highest BCUT2D eigenvalue weighted by atomic mass is 19.1. The van der Waals surface area contributed by atoms with Crippen LogP contribution in [-0.4, -0.2) is 20.6 Å². The van der Waals surface area contributed by atoms with Gasteiger partial charge in [0.25, 0.3) is 0 Å². The lowest BCUT2D eigenvalue weighted by atomic mass is 10.1. The average Bonchev–Trinajstić information content (AvgIpc) is 2.18. The van der Waals surface area contributed by atoms with Crippen molar-refractivity contribution < 1.29 is 4.39 Å². The molecule has 0 atom stereocenters. The third-order valence-corrected chi connectivity index (χ3v) is 2.38. The Hall–Kier alpha value is -1.09. The van der Waals surface area contributed by atoms with E-state index >= 15 is 0 Å². The fourth-order valence-electron chi connectivity index (χ4n) is 1.71. The van der Waals surface area contributed by atoms with Gasteiger partial charge in [0.15, 0.2) is 0 Å². The molecule has 15 heavy (non-hydrogen) atoms. The van der Waals surface area contributed by atoms with Crippen LogP contribution >= 0.6 is 0 Å². The smallest absolute Gasteiger partial charge is 0.123 e. The topological polar surface area (TPSA) is 15.3 Å². The average molecular weight is 210 g/mol. The van der Waals surface area contributed by atoms with Gasteiger partial charge in [-0.15, -0.1) is 0 Å². The van der Waals surface area contributed by atoms with Gasteiger partial charge >= 0.3 is 0 Å². The van der Waals surface area contributed by atoms with Crippen molar-refractivity contribution in [2.75, 3.05) is 25.5 Å². The van der Waals surface area contributed by atoms with Gasteiger partial charge in [0, 0.05) is 25.8 Å². The molecule has 0 aliphatic heterocycles. The first-order chi connectivity index (χ1) is 7.19. The second kappa shape index (κ2) is 5.71. The van der Waals surface area contributed by atoms with E-state index in [0.717, 1.165) is 24.2 Å². The van der Waals surface area contributed by atoms with E-state index in [0.29, 0.717) is 6.54 Å². The number of benzene rings is 1. The van der Waals surface area contributed by atoms with Gasteiger partial charge in [0.1, 0.15) is 5.82 Å². The molecule has 0 spiro atoms. The van der Waals surface area contributed by atoms with Crippen LogP contribution in [0.15, 0.2) is 18.2 Å². The van der Waals surface area contributed by atoms with E-state index in [4.69, 9.17) is 0 Å². The number of nitrogens with zero attached hydrogens (tertiary/aromatic N) is 1. The summed E-state index contributed by atoms with van der Waals surface area (Å²) in [5.74, 6) is -0.172. The minimum atomic E-state index is -0.172. The first-order valence-electron chi connectivity index (χ1n) is 5.33. The number of nitrogens with one attached hydrogen (secondary N) is 1. The highest BCUT2D eigenvalue weighted by molar-refractivity contribution is 5.53. The van der Waals surface area contributed by atoms with Crippen molar-refractivity contribution in [3.63, 3.8) is 0 Å². The second-order valence-corrected chi connectivity index (χ2v) is 3.72. The first kappa shape index (κ1) is 12.0. The lowest BCUT2D eigenvalue weighted by Gasteiger charge is -2.21. The summed E-state index contributed by atoms with van der Waals surface area (Å²) in [5, 5.41) is 3.06. The van der Waals surface area contributed by atoms with Gasteiger partial charge in [-0.2, -0.15) is 0 Å². The van der Waals surface area contributed by atoms with Crippen molar-refractivity contribution in [1.29, 1.82) is 0 Å². The Morgan fingerprint density at radius 2 is 2.13 bits per heavy atom. The lowest BCUT2D eigenvalue weighted by Crippen LogP contribution is -2.20. The van der Waals surface area contributed by atoms with Crippen LogP contribution in [0.5, 0.6) is 0 Å². The van der Waals surface area contributed by atoms with Crippen LogP contribution in [-0.2, 0) is 6.54 Å². The van der Waals surface area contributed by atoms with Gasteiger partial charge in [-0.3, -0.25) is 0 Å². The van der Waals surface area contributed by atoms with E-state index in [1.165, 1.54) is 6.07 Å². The molecule has 1 aromatic carbocycles. The maximum absolute atomic E-state index is 13.1. The summed E-state index contributed by atoms with van der Waals surface area (Å²) in [4.78, 5) is 2.16. The molecule has 0 heterocycles. The van der Waals surface area contributed by atoms with E-state index < -0.39 is 0 Å². The van der Waals surface area contributed by atoms with Crippen LogP contribution in [0.25, 0.3) is 0 Å². The van der Waals surface area contributed by atoms with Crippen molar-refractivity contribution in [2.24, 2.45) is 0 Å². The summed E-state index contributed by atoms with van der Waals surface area (Å²) in [6.45, 7) is 3.82. The molecule has 84 valence electrons. The van der Waals surface area contributed by atoms with Crippen LogP contribution < -0.4 is 10.2 Å². The van der Waals surface area contributed by atoms with Gasteiger partial charge in [0.2, 0.25) is 0 Å². The molecular formula is C12H19FN2. The third-order valence-electron chi connectivity index (χ3n) is 2.38. The van der Waals surface area contributed by atoms with Gasteiger partial charge in [0.05, 0.1) is 0 Å². The van der Waals surface area contributed by atoms with Crippen LogP contribution in [0.4, 0.5) is 10.1 Å². The Bertz CT molecular complexity index is 312. The Labute approximate surface area is 91.1 Å². The van der Waals surface area contributed by atoms with Crippen LogP contribution in [0.3, 0.4) is 0 Å². The van der Waals surface area contributed by atoms with E-state index in [2.05, 4.69) is 17.1 Å². The molecular weight excluding hydrogens is 191 g/mol. The van der Waals surface area contributed by atoms with Crippen LogP contribution in [0, 0.1) is 5.82 Å². The second-order valence-electron chi connectivity index (χ2n) is 3.72. The van der Waals surface area contributed by atoms with Crippen molar-refractivity contribution in [1.82, 2.24) is 5.32 Å². The normalized spacial score (nSPS) is 10.4. The number of anilines is 1. The molecule has 0 saturated heterocycles. The zero-order chi connectivity index (χ0) is 11.3. The molecule has 0 amide bonds. The molecule has 0 unspecified atom stereocenters. The highest BCUT2D eigenvalue weighted by Gasteiger charge is 2.07. The van der Waals surface area contributed by atoms with E-state index in [1.54, 1.807) is 6.07 Å². The standard InChI is InChI=1S/C12H19FN2/c1-4-7-15(3)12-6-5-11(13)8-10(12)9-14-2/h5-6,8,14H,4,7,9H2,1-3H3. The van der Waals surface area contributed by atoms with Gasteiger partial charge in [-0.1, -0.05) is 6.92 Å². The Morgan fingerprint density at radius 3 is 2.73 bits per heavy atom. The van der Waals surface area contributed by atoms with Crippen molar-refractivity contribution in [3.8, 4) is 0 Å². The molecule has 0 bridgehead atoms. The largest absolute Gasteiger partial charge is 0.374 e. The summed E-state index contributed by atoms with van der Waals surface area (Å²) in [7, 11) is 3.91. The molecule has 1 aromatic rings. The zero-order valence-corrected chi connectivity index (χ0v) is 9.68. The maximum atomic E-state index is 13.1. The SMILES string of the molecule is CCCN(C)c1ccc(F)cc1CNC. The van der Waals surface area contributed by atoms with Crippen molar-refractivity contribution in [2.45, 2.75) is 19.9 Å². The predicted octanol–water partition coefficient (Wildman–Crippen LogP) is 2.39. The fraction of sp³-hybridized carbons (Fsp3) is 0.500. The van der Waals surface area contributed by atoms with E-state index in [1.807, 2.05) is 20.2 Å². The molecule has 0 fully saturated rings. The third kappa shape index (κ3) is 3.20. The number of halogens is 1. The molecule has 0 aromatic heterocycles. The fourth-order valence-corrected chi connectivity index (χ4v) is 1.71. The van der Waals surface area contributed by atoms with Gasteiger partial charge < -0.3 is 10.2 Å². The van der Waals surface area contributed by atoms with E-state index in [-0.39, 0.29) is 5.82 Å². The number of hydrogen-bond donors (Lipinski definition) is 1. The Kier molecular flexibility index (Phi) is 4.56. The van der Waals surface area contributed by atoms with Crippen molar-refractivity contribution >= 4 is 5.69 Å². The quantitative estimate of drug-likeness (QED) is 0.802. The monoisotopic (exact) mass is 210 g/mol. The molecule has 0 radical (unpaired) electrons. The van der Waals surface area contributed by atoms with Crippen molar-refractivity contribution in [3.05, 3.63) is 29.6 Å². The van der Waals surface area contributed by atoms with Gasteiger partial charge in [-0.25, -0.2) is 4.39 Å². The summed E-state index contributed by atoms with van der Waals surface area (Å²) in [6.07, 6.45) is 1.09. The molecule has 0 aliphatic carbocycles. The highest BCUT2D eigenvalue weighted by Crippen LogP contribution is 2.20. The molecule has 0 saturated carbocycles. The molecule has 2 nitrogen and oxygen atoms in total. The molecule has 1 rings (SSSR count). The predicted molar refractivity (Wildman–Crippen MR) is 62.7 cm³/mol. The number of rotatable bonds is 5. The summed E-state index contributed by atoms with van der Waals surface area (Å²) >= 11 is 0. The lowest BCUT2D eigenvalue weighted by molar-refractivity contribution is 0.623. The summed E-state index contributed by atoms with van der Waals surface area (Å²) < 4.78 is 13.1. The van der Waals surface area contributed by atoms with Gasteiger partial charge in [-0.05, 0) is 37.2 Å². The Balaban J connectivity index is 2.93. The minimum absolute atomic E-state index is 0.172. The molecule has 0 aliphatic rings. The molecule has 3 heteroatoms. The number of hydrogen-bond acceptors (Lipinski definition) is 2. The van der Waals surface area contributed by atoms with E-state index in [9.17, 15) is 4.39 Å².